The van der Waals surface area contributed by atoms with Crippen molar-refractivity contribution in [3.8, 4) is 0 Å². The van der Waals surface area contributed by atoms with Crippen LogP contribution in [0.15, 0.2) is 0 Å². The number of rotatable bonds is 4. The molecule has 6 heteroatoms. The van der Waals surface area contributed by atoms with E-state index in [0.29, 0.717) is 19.6 Å². The van der Waals surface area contributed by atoms with Gasteiger partial charge in [-0.3, -0.25) is 4.79 Å². The normalized spacial score (nSPS) is 22.7. The first-order valence-corrected chi connectivity index (χ1v) is 4.87. The summed E-state index contributed by atoms with van der Waals surface area (Å²) in [5.74, 6) is -0.432. The van der Waals surface area contributed by atoms with E-state index < -0.39 is 12.7 Å². The number of alkyl halides is 3. The van der Waals surface area contributed by atoms with Gasteiger partial charge in [0.05, 0.1) is 19.7 Å². The van der Waals surface area contributed by atoms with Crippen LogP contribution < -0.4 is 5.32 Å². The predicted molar refractivity (Wildman–Crippen MR) is 47.5 cm³/mol. The van der Waals surface area contributed by atoms with Gasteiger partial charge in [0, 0.05) is 12.5 Å². The van der Waals surface area contributed by atoms with Gasteiger partial charge in [0.25, 0.3) is 0 Å². The number of carbonyl (C=O) groups excluding carboxylic acids is 1. The molecule has 0 spiro atoms. The second-order valence-electron chi connectivity index (χ2n) is 3.60. The Labute approximate surface area is 86.0 Å². The van der Waals surface area contributed by atoms with E-state index >= 15 is 0 Å². The van der Waals surface area contributed by atoms with Gasteiger partial charge in [0.15, 0.2) is 5.78 Å². The van der Waals surface area contributed by atoms with E-state index in [1.165, 1.54) is 0 Å². The van der Waals surface area contributed by atoms with Crippen molar-refractivity contribution in [2.24, 2.45) is 5.92 Å². The Balaban J connectivity index is 2.17. The zero-order chi connectivity index (χ0) is 11.3. The van der Waals surface area contributed by atoms with Crippen LogP contribution in [0.4, 0.5) is 13.2 Å². The molecule has 0 aliphatic carbocycles. The van der Waals surface area contributed by atoms with Crippen LogP contribution in [-0.4, -0.2) is 38.3 Å². The van der Waals surface area contributed by atoms with Crippen molar-refractivity contribution in [1.82, 2.24) is 5.32 Å². The third-order valence-corrected chi connectivity index (χ3v) is 2.24. The van der Waals surface area contributed by atoms with Gasteiger partial charge in [-0.05, 0) is 12.8 Å². The molecule has 1 saturated heterocycles. The van der Waals surface area contributed by atoms with Crippen LogP contribution in [0.2, 0.25) is 0 Å². The van der Waals surface area contributed by atoms with Crippen molar-refractivity contribution in [2.45, 2.75) is 19.0 Å². The molecule has 1 aliphatic heterocycles. The van der Waals surface area contributed by atoms with E-state index in [-0.39, 0.29) is 18.2 Å². The highest BCUT2D eigenvalue weighted by atomic mass is 19.4. The Kier molecular flexibility index (Phi) is 4.53. The van der Waals surface area contributed by atoms with Crippen LogP contribution in [0, 0.1) is 5.92 Å². The number of carbonyl (C=O) groups is 1. The summed E-state index contributed by atoms with van der Waals surface area (Å²) in [6.07, 6.45) is -2.74. The fourth-order valence-electron chi connectivity index (χ4n) is 1.47. The van der Waals surface area contributed by atoms with E-state index in [1.54, 1.807) is 0 Å². The van der Waals surface area contributed by atoms with Crippen molar-refractivity contribution in [3.63, 3.8) is 0 Å². The Bertz CT molecular complexity index is 212. The Morgan fingerprint density at radius 2 is 2.20 bits per heavy atom. The first-order valence-electron chi connectivity index (χ1n) is 4.87. The number of hydrogen-bond acceptors (Lipinski definition) is 3. The molecule has 0 bridgehead atoms. The molecule has 0 aromatic heterocycles. The number of ketones is 1. The van der Waals surface area contributed by atoms with Crippen molar-refractivity contribution in [3.05, 3.63) is 0 Å². The summed E-state index contributed by atoms with van der Waals surface area (Å²) in [6.45, 7) is -0.369. The summed E-state index contributed by atoms with van der Waals surface area (Å²) in [5, 5.41) is 2.09. The molecule has 1 unspecified atom stereocenters. The Hall–Kier alpha value is -0.620. The van der Waals surface area contributed by atoms with Crippen LogP contribution in [0.25, 0.3) is 0 Å². The lowest BCUT2D eigenvalue weighted by molar-refractivity contribution is -0.131. The summed E-state index contributed by atoms with van der Waals surface area (Å²) >= 11 is 0. The fraction of sp³-hybridized carbons (Fsp3) is 0.889. The maximum absolute atomic E-state index is 11.7. The van der Waals surface area contributed by atoms with Crippen molar-refractivity contribution < 1.29 is 22.7 Å². The number of halogens is 3. The molecule has 0 aromatic carbocycles. The molecule has 1 rings (SSSR count). The van der Waals surface area contributed by atoms with Crippen molar-refractivity contribution in [1.29, 1.82) is 0 Å². The minimum absolute atomic E-state index is 0.195. The van der Waals surface area contributed by atoms with E-state index in [1.807, 2.05) is 0 Å². The monoisotopic (exact) mass is 225 g/mol. The van der Waals surface area contributed by atoms with Gasteiger partial charge in [-0.1, -0.05) is 0 Å². The molecule has 1 heterocycles. The molecular weight excluding hydrogens is 211 g/mol. The molecule has 1 atom stereocenters. The first-order chi connectivity index (χ1) is 6.99. The van der Waals surface area contributed by atoms with Gasteiger partial charge < -0.3 is 10.1 Å². The van der Waals surface area contributed by atoms with Crippen LogP contribution in [-0.2, 0) is 9.53 Å². The number of Topliss-reactive ketones (excluding diaryl/α,β-unsaturated/α-hetero) is 1. The van der Waals surface area contributed by atoms with Crippen LogP contribution in [0.3, 0.4) is 0 Å². The van der Waals surface area contributed by atoms with Gasteiger partial charge in [0.1, 0.15) is 0 Å². The number of hydrogen-bond donors (Lipinski definition) is 1. The summed E-state index contributed by atoms with van der Waals surface area (Å²) in [4.78, 5) is 11.4. The van der Waals surface area contributed by atoms with Crippen molar-refractivity contribution >= 4 is 5.78 Å². The average Bonchev–Trinajstić information content (AvgIpc) is 2.17. The van der Waals surface area contributed by atoms with Crippen LogP contribution in [0.5, 0.6) is 0 Å². The topological polar surface area (TPSA) is 38.3 Å². The predicted octanol–water partition coefficient (Wildman–Crippen LogP) is 1.13. The molecule has 0 radical (unpaired) electrons. The lowest BCUT2D eigenvalue weighted by Gasteiger charge is -2.21. The molecule has 0 amide bonds. The molecule has 1 aliphatic rings. The van der Waals surface area contributed by atoms with Gasteiger partial charge in [0.2, 0.25) is 0 Å². The summed E-state index contributed by atoms with van der Waals surface area (Å²) in [7, 11) is 0. The summed E-state index contributed by atoms with van der Waals surface area (Å²) in [6, 6.07) is 0. The first kappa shape index (κ1) is 12.4. The SMILES string of the molecule is O=C(CNCC(F)(F)F)C1CCCOC1. The Morgan fingerprint density at radius 1 is 1.47 bits per heavy atom. The second-order valence-corrected chi connectivity index (χ2v) is 3.60. The highest BCUT2D eigenvalue weighted by Gasteiger charge is 2.27. The Morgan fingerprint density at radius 3 is 2.73 bits per heavy atom. The highest BCUT2D eigenvalue weighted by Crippen LogP contribution is 2.15. The molecule has 15 heavy (non-hydrogen) atoms. The summed E-state index contributed by atoms with van der Waals surface area (Å²) in [5.41, 5.74) is 0. The molecular formula is C9H14F3NO2. The van der Waals surface area contributed by atoms with Gasteiger partial charge in [-0.2, -0.15) is 13.2 Å². The number of ether oxygens (including phenoxy) is 1. The van der Waals surface area contributed by atoms with Gasteiger partial charge >= 0.3 is 6.18 Å². The van der Waals surface area contributed by atoms with E-state index in [9.17, 15) is 18.0 Å². The summed E-state index contributed by atoms with van der Waals surface area (Å²) < 4.78 is 40.3. The zero-order valence-electron chi connectivity index (χ0n) is 8.27. The number of nitrogens with one attached hydrogen (secondary N) is 1. The lowest BCUT2D eigenvalue weighted by Crippen LogP contribution is -2.37. The molecule has 0 saturated carbocycles. The maximum Gasteiger partial charge on any atom is 0.401 e. The van der Waals surface area contributed by atoms with Crippen LogP contribution >= 0.6 is 0 Å². The standard InChI is InChI=1S/C9H14F3NO2/c10-9(11,12)6-13-4-8(14)7-2-1-3-15-5-7/h7,13H,1-6H2. The third-order valence-electron chi connectivity index (χ3n) is 2.24. The second kappa shape index (κ2) is 5.46. The van der Waals surface area contributed by atoms with E-state index in [0.717, 1.165) is 6.42 Å². The van der Waals surface area contributed by atoms with Crippen molar-refractivity contribution in [2.75, 3.05) is 26.3 Å². The molecule has 3 nitrogen and oxygen atoms in total. The van der Waals surface area contributed by atoms with E-state index in [2.05, 4.69) is 5.32 Å². The maximum atomic E-state index is 11.7. The minimum Gasteiger partial charge on any atom is -0.381 e. The van der Waals surface area contributed by atoms with Gasteiger partial charge in [-0.25, -0.2) is 0 Å². The zero-order valence-corrected chi connectivity index (χ0v) is 8.27. The van der Waals surface area contributed by atoms with Crippen LogP contribution in [0.1, 0.15) is 12.8 Å². The lowest BCUT2D eigenvalue weighted by atomic mass is 9.97. The molecule has 88 valence electrons. The molecule has 1 N–H and O–H groups in total. The quantitative estimate of drug-likeness (QED) is 0.779. The highest BCUT2D eigenvalue weighted by molar-refractivity contribution is 5.83. The van der Waals surface area contributed by atoms with Gasteiger partial charge in [-0.15, -0.1) is 0 Å². The third kappa shape index (κ3) is 5.13. The largest absolute Gasteiger partial charge is 0.401 e. The average molecular weight is 225 g/mol. The minimum atomic E-state index is -4.26. The van der Waals surface area contributed by atoms with E-state index in [4.69, 9.17) is 4.74 Å². The molecule has 0 aromatic rings. The fourth-order valence-corrected chi connectivity index (χ4v) is 1.47. The smallest absolute Gasteiger partial charge is 0.381 e. The molecule has 1 fully saturated rings.